The second-order valence-corrected chi connectivity index (χ2v) is 9.87. The first kappa shape index (κ1) is 17.5. The first-order valence-corrected chi connectivity index (χ1v) is 11.4. The van der Waals surface area contributed by atoms with Crippen molar-refractivity contribution >= 4 is 0 Å². The van der Waals surface area contributed by atoms with Crippen LogP contribution in [0.4, 0.5) is 0 Å². The maximum atomic E-state index is 2.49. The zero-order valence-electron chi connectivity index (χ0n) is 17.1. The van der Waals surface area contributed by atoms with Crippen LogP contribution in [0.25, 0.3) is 11.1 Å². The Hall–Kier alpha value is -1.56. The van der Waals surface area contributed by atoms with E-state index in [2.05, 4.69) is 62.4 Å². The van der Waals surface area contributed by atoms with Crippen LogP contribution in [0.3, 0.4) is 0 Å². The highest BCUT2D eigenvalue weighted by molar-refractivity contribution is 5.81. The molecule has 142 valence electrons. The minimum atomic E-state index is 0.271. The molecule has 0 aromatic heterocycles. The average molecular weight is 359 g/mol. The van der Waals surface area contributed by atoms with E-state index >= 15 is 0 Å². The van der Waals surface area contributed by atoms with E-state index in [-0.39, 0.29) is 5.41 Å². The molecule has 0 heterocycles. The van der Waals surface area contributed by atoms with Crippen molar-refractivity contribution in [3.63, 3.8) is 0 Å². The van der Waals surface area contributed by atoms with Crippen molar-refractivity contribution < 1.29 is 0 Å². The smallest absolute Gasteiger partial charge is 0.0271 e. The van der Waals surface area contributed by atoms with Crippen LogP contribution in [0, 0.1) is 23.7 Å². The Bertz CT molecular complexity index is 731. The Morgan fingerprint density at radius 3 is 1.33 bits per heavy atom. The summed E-state index contributed by atoms with van der Waals surface area (Å²) in [6.07, 6.45) is 11.3. The second-order valence-electron chi connectivity index (χ2n) is 9.87. The summed E-state index contributed by atoms with van der Waals surface area (Å²) in [7, 11) is 0. The molecule has 0 spiro atoms. The van der Waals surface area contributed by atoms with E-state index in [4.69, 9.17) is 0 Å². The molecule has 2 fully saturated rings. The zero-order valence-corrected chi connectivity index (χ0v) is 17.1. The average Bonchev–Trinajstić information content (AvgIpc) is 3.01. The Labute approximate surface area is 165 Å². The fourth-order valence-corrected chi connectivity index (χ4v) is 6.95. The molecule has 0 unspecified atom stereocenters. The lowest BCUT2D eigenvalue weighted by Gasteiger charge is -2.50. The van der Waals surface area contributed by atoms with Crippen LogP contribution in [0.5, 0.6) is 0 Å². The predicted molar refractivity (Wildman–Crippen MR) is 115 cm³/mol. The number of hydrogen-bond acceptors (Lipinski definition) is 0. The Morgan fingerprint density at radius 2 is 0.926 bits per heavy atom. The van der Waals surface area contributed by atoms with E-state index < -0.39 is 0 Å². The summed E-state index contributed by atoms with van der Waals surface area (Å²) in [6, 6.07) is 18.9. The van der Waals surface area contributed by atoms with Crippen molar-refractivity contribution in [1.82, 2.24) is 0 Å². The van der Waals surface area contributed by atoms with Crippen LogP contribution < -0.4 is 0 Å². The highest BCUT2D eigenvalue weighted by atomic mass is 14.6. The highest BCUT2D eigenvalue weighted by Crippen LogP contribution is 2.62. The Kier molecular flexibility index (Phi) is 4.42. The molecule has 0 nitrogen and oxygen atoms in total. The minimum absolute atomic E-state index is 0.271. The molecular formula is C27H34. The molecule has 0 saturated heterocycles. The highest BCUT2D eigenvalue weighted by Gasteiger charge is 2.53. The standard InChI is InChI=1S/C27H34/c1-19-11-15-21(16-12-19)27(22-17-13-20(2)14-18-22)25-9-5-3-7-23(25)24-8-4-6-10-26(24)27/h3-10,19-22H,11-18H2,1-2H3. The molecule has 0 radical (unpaired) electrons. The Morgan fingerprint density at radius 1 is 0.556 bits per heavy atom. The first-order valence-electron chi connectivity index (χ1n) is 11.4. The molecule has 2 saturated carbocycles. The molecule has 0 atom stereocenters. The van der Waals surface area contributed by atoms with Gasteiger partial charge in [0, 0.05) is 5.41 Å². The van der Waals surface area contributed by atoms with Crippen molar-refractivity contribution in [1.29, 1.82) is 0 Å². The van der Waals surface area contributed by atoms with Crippen LogP contribution in [-0.4, -0.2) is 0 Å². The van der Waals surface area contributed by atoms with Gasteiger partial charge in [0.05, 0.1) is 0 Å². The molecule has 27 heavy (non-hydrogen) atoms. The van der Waals surface area contributed by atoms with Gasteiger partial charge >= 0.3 is 0 Å². The second kappa shape index (κ2) is 6.80. The lowest BCUT2D eigenvalue weighted by Crippen LogP contribution is -2.45. The van der Waals surface area contributed by atoms with Crippen LogP contribution >= 0.6 is 0 Å². The topological polar surface area (TPSA) is 0 Å². The van der Waals surface area contributed by atoms with Crippen molar-refractivity contribution in [2.45, 2.75) is 70.6 Å². The maximum absolute atomic E-state index is 2.49. The van der Waals surface area contributed by atoms with E-state index in [1.165, 1.54) is 62.5 Å². The minimum Gasteiger partial charge on any atom is -0.0625 e. The molecule has 5 rings (SSSR count). The fourth-order valence-electron chi connectivity index (χ4n) is 6.95. The van der Waals surface area contributed by atoms with Crippen molar-refractivity contribution in [2.24, 2.45) is 23.7 Å². The van der Waals surface area contributed by atoms with E-state index in [1.54, 1.807) is 11.1 Å². The molecule has 0 heteroatoms. The Balaban J connectivity index is 1.70. The van der Waals surface area contributed by atoms with Gasteiger partial charge in [-0.05, 0) is 71.6 Å². The molecule has 2 aromatic carbocycles. The van der Waals surface area contributed by atoms with Crippen LogP contribution in [0.15, 0.2) is 48.5 Å². The maximum Gasteiger partial charge on any atom is 0.0271 e. The van der Waals surface area contributed by atoms with E-state index in [1.807, 2.05) is 0 Å². The van der Waals surface area contributed by atoms with Gasteiger partial charge in [-0.1, -0.05) is 88.1 Å². The summed E-state index contributed by atoms with van der Waals surface area (Å²) in [5.74, 6) is 3.46. The van der Waals surface area contributed by atoms with Gasteiger partial charge in [0.1, 0.15) is 0 Å². The van der Waals surface area contributed by atoms with Gasteiger partial charge in [0.15, 0.2) is 0 Å². The van der Waals surface area contributed by atoms with Gasteiger partial charge in [0.25, 0.3) is 0 Å². The summed E-state index contributed by atoms with van der Waals surface area (Å²) < 4.78 is 0. The number of hydrogen-bond donors (Lipinski definition) is 0. The van der Waals surface area contributed by atoms with Gasteiger partial charge in [-0.25, -0.2) is 0 Å². The third-order valence-corrected chi connectivity index (χ3v) is 8.36. The van der Waals surface area contributed by atoms with E-state index in [0.717, 1.165) is 23.7 Å². The van der Waals surface area contributed by atoms with Crippen LogP contribution in [-0.2, 0) is 5.41 Å². The molecule has 3 aliphatic rings. The zero-order chi connectivity index (χ0) is 18.4. The molecule has 2 aromatic rings. The summed E-state index contributed by atoms with van der Waals surface area (Å²) >= 11 is 0. The fraction of sp³-hybridized carbons (Fsp3) is 0.556. The molecule has 3 aliphatic carbocycles. The van der Waals surface area contributed by atoms with E-state index in [0.29, 0.717) is 0 Å². The van der Waals surface area contributed by atoms with E-state index in [9.17, 15) is 0 Å². The lowest BCUT2D eigenvalue weighted by molar-refractivity contribution is 0.112. The monoisotopic (exact) mass is 358 g/mol. The lowest BCUT2D eigenvalue weighted by atomic mass is 9.54. The predicted octanol–water partition coefficient (Wildman–Crippen LogP) is 7.61. The quantitative estimate of drug-likeness (QED) is 0.518. The third-order valence-electron chi connectivity index (χ3n) is 8.36. The number of fused-ring (bicyclic) bond motifs is 3. The van der Waals surface area contributed by atoms with Crippen molar-refractivity contribution in [3.8, 4) is 11.1 Å². The van der Waals surface area contributed by atoms with Gasteiger partial charge in [-0.15, -0.1) is 0 Å². The molecule has 0 aliphatic heterocycles. The largest absolute Gasteiger partial charge is 0.0625 e. The summed E-state index contributed by atoms with van der Waals surface area (Å²) in [6.45, 7) is 4.92. The summed E-state index contributed by atoms with van der Waals surface area (Å²) in [4.78, 5) is 0. The molecule has 0 bridgehead atoms. The van der Waals surface area contributed by atoms with Gasteiger partial charge in [-0.2, -0.15) is 0 Å². The molecule has 0 amide bonds. The van der Waals surface area contributed by atoms with Gasteiger partial charge in [0.2, 0.25) is 0 Å². The number of rotatable bonds is 2. The normalized spacial score (nSPS) is 31.9. The van der Waals surface area contributed by atoms with Crippen LogP contribution in [0.1, 0.15) is 76.3 Å². The summed E-state index contributed by atoms with van der Waals surface area (Å²) in [5.41, 5.74) is 6.68. The van der Waals surface area contributed by atoms with Crippen LogP contribution in [0.2, 0.25) is 0 Å². The molecular weight excluding hydrogens is 324 g/mol. The SMILES string of the molecule is CC1CCC(C2(C3CCC(C)CC3)c3ccccc3-c3ccccc32)CC1. The third kappa shape index (κ3) is 2.63. The summed E-state index contributed by atoms with van der Waals surface area (Å²) in [5, 5.41) is 0. The number of benzene rings is 2. The van der Waals surface area contributed by atoms with Gasteiger partial charge < -0.3 is 0 Å². The van der Waals surface area contributed by atoms with Gasteiger partial charge in [-0.3, -0.25) is 0 Å². The first-order chi connectivity index (χ1) is 13.2. The van der Waals surface area contributed by atoms with Crippen molar-refractivity contribution in [3.05, 3.63) is 59.7 Å². The van der Waals surface area contributed by atoms with Crippen molar-refractivity contribution in [2.75, 3.05) is 0 Å². The molecule has 0 N–H and O–H groups in total.